The number of rotatable bonds is 2. The lowest BCUT2D eigenvalue weighted by Crippen LogP contribution is -2.19. The summed E-state index contributed by atoms with van der Waals surface area (Å²) in [7, 11) is 0. The Kier molecular flexibility index (Phi) is 2.81. The van der Waals surface area contributed by atoms with Gasteiger partial charge in [0.25, 0.3) is 0 Å². The molecule has 0 unspecified atom stereocenters. The molecule has 1 aliphatic rings. The largest absolute Gasteiger partial charge is 0.264 e. The molecule has 1 heteroatoms. The van der Waals surface area contributed by atoms with Crippen molar-refractivity contribution in [3.8, 4) is 0 Å². The zero-order chi connectivity index (χ0) is 10.9. The van der Waals surface area contributed by atoms with Crippen LogP contribution in [0, 0.1) is 5.92 Å². The molecule has 1 aliphatic carbocycles. The maximum absolute atomic E-state index is 4.27. The van der Waals surface area contributed by atoms with E-state index in [0.717, 1.165) is 5.92 Å². The predicted molar refractivity (Wildman–Crippen MR) is 64.0 cm³/mol. The summed E-state index contributed by atoms with van der Waals surface area (Å²) in [6.07, 6.45) is 9.48. The highest BCUT2D eigenvalue weighted by atomic mass is 14.6. The van der Waals surface area contributed by atoms with Gasteiger partial charge in [0, 0.05) is 12.4 Å². The highest BCUT2D eigenvalue weighted by Gasteiger charge is 2.22. The molecule has 82 valence electrons. The second-order valence-electron chi connectivity index (χ2n) is 5.78. The van der Waals surface area contributed by atoms with Gasteiger partial charge in [0.1, 0.15) is 0 Å². The van der Waals surface area contributed by atoms with Crippen molar-refractivity contribution < 1.29 is 0 Å². The summed E-state index contributed by atoms with van der Waals surface area (Å²) >= 11 is 0. The molecule has 0 radical (unpaired) electrons. The lowest BCUT2D eigenvalue weighted by Gasteiger charge is -2.29. The molecule has 15 heavy (non-hydrogen) atoms. The van der Waals surface area contributed by atoms with Crippen LogP contribution in [0.3, 0.4) is 0 Å². The van der Waals surface area contributed by atoms with Crippen LogP contribution in [0.15, 0.2) is 18.5 Å². The Morgan fingerprint density at radius 2 is 2.07 bits per heavy atom. The van der Waals surface area contributed by atoms with Crippen molar-refractivity contribution in [1.82, 2.24) is 4.98 Å². The third kappa shape index (κ3) is 2.39. The van der Waals surface area contributed by atoms with Crippen LogP contribution < -0.4 is 0 Å². The molecule has 1 heterocycles. The summed E-state index contributed by atoms with van der Waals surface area (Å²) in [4.78, 5) is 4.27. The first-order chi connectivity index (χ1) is 7.07. The van der Waals surface area contributed by atoms with Gasteiger partial charge in [-0.15, -0.1) is 0 Å². The molecule has 0 aliphatic heterocycles. The van der Waals surface area contributed by atoms with Gasteiger partial charge in [-0.25, -0.2) is 0 Å². The van der Waals surface area contributed by atoms with Crippen LogP contribution in [0.4, 0.5) is 0 Å². The molecule has 0 bridgehead atoms. The standard InChI is InChI=1S/C14H21N/c1-14(2,3)13-7-8-15-10-12(13)9-11-5-4-6-11/h7-8,10-11H,4-6,9H2,1-3H3. The second-order valence-corrected chi connectivity index (χ2v) is 5.78. The molecule has 1 fully saturated rings. The second kappa shape index (κ2) is 3.96. The van der Waals surface area contributed by atoms with Gasteiger partial charge >= 0.3 is 0 Å². The Morgan fingerprint density at radius 1 is 1.33 bits per heavy atom. The Balaban J connectivity index is 2.21. The zero-order valence-electron chi connectivity index (χ0n) is 10.1. The van der Waals surface area contributed by atoms with Crippen LogP contribution in [-0.2, 0) is 11.8 Å². The summed E-state index contributed by atoms with van der Waals surface area (Å²) in [6.45, 7) is 6.85. The van der Waals surface area contributed by atoms with E-state index in [-0.39, 0.29) is 5.41 Å². The molecule has 1 aromatic heterocycles. The SMILES string of the molecule is CC(C)(C)c1ccncc1CC1CCC1. The Bertz CT molecular complexity index is 331. The minimum atomic E-state index is 0.252. The van der Waals surface area contributed by atoms with Crippen molar-refractivity contribution in [2.24, 2.45) is 5.92 Å². The molecule has 0 aromatic carbocycles. The van der Waals surface area contributed by atoms with Crippen LogP contribution in [0.1, 0.15) is 51.2 Å². The molecule has 0 N–H and O–H groups in total. The Hall–Kier alpha value is -0.850. The fraction of sp³-hybridized carbons (Fsp3) is 0.643. The first-order valence-electron chi connectivity index (χ1n) is 6.01. The number of pyridine rings is 1. The summed E-state index contributed by atoms with van der Waals surface area (Å²) < 4.78 is 0. The minimum absolute atomic E-state index is 0.252. The van der Waals surface area contributed by atoms with Crippen molar-refractivity contribution in [1.29, 1.82) is 0 Å². The Morgan fingerprint density at radius 3 is 2.60 bits per heavy atom. The maximum Gasteiger partial charge on any atom is 0.0302 e. The van der Waals surface area contributed by atoms with Gasteiger partial charge in [-0.3, -0.25) is 4.98 Å². The van der Waals surface area contributed by atoms with Gasteiger partial charge in [-0.1, -0.05) is 40.0 Å². The summed E-state index contributed by atoms with van der Waals surface area (Å²) in [5, 5.41) is 0. The van der Waals surface area contributed by atoms with Crippen LogP contribution in [0.25, 0.3) is 0 Å². The van der Waals surface area contributed by atoms with E-state index in [0.29, 0.717) is 0 Å². The molecular formula is C14H21N. The number of hydrogen-bond donors (Lipinski definition) is 0. The molecule has 1 nitrogen and oxygen atoms in total. The fourth-order valence-corrected chi connectivity index (χ4v) is 2.33. The van der Waals surface area contributed by atoms with Gasteiger partial charge in [-0.05, 0) is 34.9 Å². The molecule has 0 saturated heterocycles. The number of hydrogen-bond acceptors (Lipinski definition) is 1. The van der Waals surface area contributed by atoms with E-state index < -0.39 is 0 Å². The van der Waals surface area contributed by atoms with Crippen LogP contribution in [-0.4, -0.2) is 4.98 Å². The quantitative estimate of drug-likeness (QED) is 0.714. The van der Waals surface area contributed by atoms with E-state index in [2.05, 4.69) is 38.0 Å². The van der Waals surface area contributed by atoms with Gasteiger partial charge < -0.3 is 0 Å². The number of nitrogens with zero attached hydrogens (tertiary/aromatic N) is 1. The van der Waals surface area contributed by atoms with Crippen molar-refractivity contribution in [2.75, 3.05) is 0 Å². The predicted octanol–water partition coefficient (Wildman–Crippen LogP) is 3.72. The highest BCUT2D eigenvalue weighted by molar-refractivity contribution is 5.30. The third-order valence-electron chi connectivity index (χ3n) is 3.44. The van der Waals surface area contributed by atoms with E-state index in [1.807, 2.05) is 6.20 Å². The van der Waals surface area contributed by atoms with Crippen LogP contribution in [0.2, 0.25) is 0 Å². The molecule has 1 saturated carbocycles. The summed E-state index contributed by atoms with van der Waals surface area (Å²) in [5.74, 6) is 0.926. The molecule has 0 atom stereocenters. The monoisotopic (exact) mass is 203 g/mol. The van der Waals surface area contributed by atoms with Crippen molar-refractivity contribution in [3.05, 3.63) is 29.6 Å². The van der Waals surface area contributed by atoms with Crippen LogP contribution >= 0.6 is 0 Å². The summed E-state index contributed by atoms with van der Waals surface area (Å²) in [5.41, 5.74) is 3.20. The van der Waals surface area contributed by atoms with Crippen molar-refractivity contribution >= 4 is 0 Å². The Labute approximate surface area is 92.9 Å². The highest BCUT2D eigenvalue weighted by Crippen LogP contribution is 2.33. The molecule has 0 amide bonds. The molecule has 0 spiro atoms. The molecule has 1 aromatic rings. The fourth-order valence-electron chi connectivity index (χ4n) is 2.33. The molecular weight excluding hydrogens is 182 g/mol. The lowest BCUT2D eigenvalue weighted by atomic mass is 9.77. The topological polar surface area (TPSA) is 12.9 Å². The lowest BCUT2D eigenvalue weighted by molar-refractivity contribution is 0.312. The smallest absolute Gasteiger partial charge is 0.0302 e. The number of aromatic nitrogens is 1. The minimum Gasteiger partial charge on any atom is -0.264 e. The van der Waals surface area contributed by atoms with Crippen LogP contribution in [0.5, 0.6) is 0 Å². The van der Waals surface area contributed by atoms with Gasteiger partial charge in [-0.2, -0.15) is 0 Å². The average Bonchev–Trinajstić information content (AvgIpc) is 2.10. The third-order valence-corrected chi connectivity index (χ3v) is 3.44. The van der Waals surface area contributed by atoms with Gasteiger partial charge in [0.2, 0.25) is 0 Å². The van der Waals surface area contributed by atoms with E-state index in [9.17, 15) is 0 Å². The molecule has 2 rings (SSSR count). The van der Waals surface area contributed by atoms with Gasteiger partial charge in [0.05, 0.1) is 0 Å². The maximum atomic E-state index is 4.27. The van der Waals surface area contributed by atoms with E-state index in [1.165, 1.54) is 36.8 Å². The first-order valence-corrected chi connectivity index (χ1v) is 6.01. The summed E-state index contributed by atoms with van der Waals surface area (Å²) in [6, 6.07) is 2.19. The van der Waals surface area contributed by atoms with Crippen molar-refractivity contribution in [2.45, 2.75) is 51.9 Å². The van der Waals surface area contributed by atoms with Gasteiger partial charge in [0.15, 0.2) is 0 Å². The first kappa shape index (κ1) is 10.7. The van der Waals surface area contributed by atoms with E-state index >= 15 is 0 Å². The zero-order valence-corrected chi connectivity index (χ0v) is 10.1. The van der Waals surface area contributed by atoms with Crippen molar-refractivity contribution in [3.63, 3.8) is 0 Å². The van der Waals surface area contributed by atoms with E-state index in [4.69, 9.17) is 0 Å². The van der Waals surface area contributed by atoms with E-state index in [1.54, 1.807) is 0 Å². The normalized spacial score (nSPS) is 17.5. The average molecular weight is 203 g/mol.